The third kappa shape index (κ3) is 9.73. The van der Waals surface area contributed by atoms with Gasteiger partial charge in [-0.25, -0.2) is 4.79 Å². The third-order valence-corrected chi connectivity index (χ3v) is 2.60. The summed E-state index contributed by atoms with van der Waals surface area (Å²) in [7, 11) is 0. The van der Waals surface area contributed by atoms with Crippen molar-refractivity contribution in [2.45, 2.75) is 58.4 Å². The Morgan fingerprint density at radius 3 is 2.26 bits per heavy atom. The molecule has 0 aliphatic rings. The fourth-order valence-corrected chi connectivity index (χ4v) is 1.56. The lowest BCUT2D eigenvalue weighted by atomic mass is 10.1. The number of carbonyl (C=O) groups excluding carboxylic acids is 2. The zero-order valence-electron chi connectivity index (χ0n) is 12.2. The van der Waals surface area contributed by atoms with Crippen LogP contribution in [0.15, 0.2) is 0 Å². The molecule has 0 heterocycles. The van der Waals surface area contributed by atoms with Gasteiger partial charge >= 0.3 is 5.97 Å². The van der Waals surface area contributed by atoms with Crippen molar-refractivity contribution in [1.82, 2.24) is 5.32 Å². The minimum absolute atomic E-state index is 0. The van der Waals surface area contributed by atoms with E-state index in [2.05, 4.69) is 5.32 Å². The second-order valence-electron chi connectivity index (χ2n) is 4.85. The summed E-state index contributed by atoms with van der Waals surface area (Å²) in [4.78, 5) is 23.2. The lowest BCUT2D eigenvalue weighted by molar-refractivity contribution is -0.151. The summed E-state index contributed by atoms with van der Waals surface area (Å²) in [5.41, 5.74) is 4.43. The van der Waals surface area contributed by atoms with Crippen molar-refractivity contribution in [3.05, 3.63) is 0 Å². The average molecular weight is 295 g/mol. The van der Waals surface area contributed by atoms with Crippen molar-refractivity contribution in [1.29, 1.82) is 0 Å². The Bertz CT molecular complexity index is 271. The predicted octanol–water partition coefficient (Wildman–Crippen LogP) is 1.78. The number of halogens is 1. The largest absolute Gasteiger partial charge is 0.464 e. The quantitative estimate of drug-likeness (QED) is 0.502. The Morgan fingerprint density at radius 2 is 1.74 bits per heavy atom. The van der Waals surface area contributed by atoms with Crippen LogP contribution in [0.25, 0.3) is 0 Å². The molecule has 0 aromatic carbocycles. The molecule has 3 N–H and O–H groups in total. The monoisotopic (exact) mass is 294 g/mol. The Morgan fingerprint density at radius 1 is 1.16 bits per heavy atom. The fourth-order valence-electron chi connectivity index (χ4n) is 1.56. The van der Waals surface area contributed by atoms with Crippen LogP contribution in [-0.2, 0) is 14.3 Å². The first-order valence-corrected chi connectivity index (χ1v) is 6.62. The van der Waals surface area contributed by atoms with Crippen molar-refractivity contribution in [2.24, 2.45) is 5.73 Å². The van der Waals surface area contributed by atoms with Gasteiger partial charge in [0, 0.05) is 6.42 Å². The fraction of sp³-hybridized carbons (Fsp3) is 0.846. The predicted molar refractivity (Wildman–Crippen MR) is 78.2 cm³/mol. The normalized spacial score (nSPS) is 10.5. The molecule has 0 saturated heterocycles. The van der Waals surface area contributed by atoms with E-state index in [1.54, 1.807) is 20.8 Å². The first-order valence-electron chi connectivity index (χ1n) is 6.62. The van der Waals surface area contributed by atoms with E-state index in [1.807, 2.05) is 0 Å². The highest BCUT2D eigenvalue weighted by atomic mass is 35.5. The molecule has 0 aliphatic carbocycles. The van der Waals surface area contributed by atoms with Gasteiger partial charge in [-0.1, -0.05) is 12.8 Å². The first-order chi connectivity index (χ1) is 8.44. The Balaban J connectivity index is 0. The molecule has 6 heteroatoms. The van der Waals surface area contributed by atoms with Gasteiger partial charge in [0.15, 0.2) is 0 Å². The molecule has 0 saturated carbocycles. The highest BCUT2D eigenvalue weighted by molar-refractivity contribution is 5.87. The summed E-state index contributed by atoms with van der Waals surface area (Å²) >= 11 is 0. The number of ether oxygens (including phenoxy) is 1. The number of hydrogen-bond acceptors (Lipinski definition) is 4. The lowest BCUT2D eigenvalue weighted by Crippen LogP contribution is -2.50. The van der Waals surface area contributed by atoms with E-state index in [-0.39, 0.29) is 18.3 Å². The van der Waals surface area contributed by atoms with E-state index in [4.69, 9.17) is 10.5 Å². The van der Waals surface area contributed by atoms with Crippen LogP contribution in [0.1, 0.15) is 52.9 Å². The summed E-state index contributed by atoms with van der Waals surface area (Å²) in [6.45, 7) is 6.06. The Kier molecular flexibility index (Phi) is 11.9. The van der Waals surface area contributed by atoms with Crippen LogP contribution in [-0.4, -0.2) is 30.6 Å². The van der Waals surface area contributed by atoms with E-state index in [9.17, 15) is 9.59 Å². The molecular weight excluding hydrogens is 268 g/mol. The van der Waals surface area contributed by atoms with Gasteiger partial charge in [-0.3, -0.25) is 4.79 Å². The van der Waals surface area contributed by atoms with Gasteiger partial charge in [-0.2, -0.15) is 0 Å². The molecule has 0 aromatic rings. The number of rotatable bonds is 9. The van der Waals surface area contributed by atoms with Gasteiger partial charge in [0.05, 0.1) is 6.61 Å². The van der Waals surface area contributed by atoms with Crippen LogP contribution >= 0.6 is 12.4 Å². The highest BCUT2D eigenvalue weighted by Gasteiger charge is 2.30. The zero-order chi connectivity index (χ0) is 14.0. The summed E-state index contributed by atoms with van der Waals surface area (Å²) in [6.07, 6.45) is 4.30. The minimum Gasteiger partial charge on any atom is -0.464 e. The molecule has 5 nitrogen and oxygen atoms in total. The SMILES string of the molecule is CCOC(=O)C(C)(C)NC(=O)CCCCCCN.Cl. The molecule has 114 valence electrons. The van der Waals surface area contributed by atoms with Gasteiger partial charge in [0.1, 0.15) is 5.54 Å². The van der Waals surface area contributed by atoms with Crippen molar-refractivity contribution in [3.63, 3.8) is 0 Å². The van der Waals surface area contributed by atoms with Crippen LogP contribution in [0.5, 0.6) is 0 Å². The van der Waals surface area contributed by atoms with Crippen LogP contribution in [0.4, 0.5) is 0 Å². The summed E-state index contributed by atoms with van der Waals surface area (Å²) in [5, 5.41) is 2.69. The van der Waals surface area contributed by atoms with Gasteiger partial charge in [-0.05, 0) is 40.2 Å². The van der Waals surface area contributed by atoms with E-state index in [0.29, 0.717) is 19.6 Å². The zero-order valence-corrected chi connectivity index (χ0v) is 13.0. The van der Waals surface area contributed by atoms with E-state index >= 15 is 0 Å². The number of nitrogens with one attached hydrogen (secondary N) is 1. The van der Waals surface area contributed by atoms with Crippen LogP contribution in [0.2, 0.25) is 0 Å². The average Bonchev–Trinajstić information content (AvgIpc) is 2.28. The molecule has 0 spiro atoms. The maximum atomic E-state index is 11.7. The third-order valence-electron chi connectivity index (χ3n) is 2.60. The second kappa shape index (κ2) is 11.1. The number of esters is 1. The Hall–Kier alpha value is -0.810. The van der Waals surface area contributed by atoms with Gasteiger partial charge in [0.25, 0.3) is 0 Å². The first kappa shape index (κ1) is 20.5. The number of unbranched alkanes of at least 4 members (excludes halogenated alkanes) is 3. The molecule has 0 aromatic heterocycles. The molecule has 0 radical (unpaired) electrons. The van der Waals surface area contributed by atoms with Crippen LogP contribution < -0.4 is 11.1 Å². The second-order valence-corrected chi connectivity index (χ2v) is 4.85. The molecule has 0 aliphatic heterocycles. The number of amides is 1. The lowest BCUT2D eigenvalue weighted by Gasteiger charge is -2.23. The molecule has 0 fully saturated rings. The molecule has 19 heavy (non-hydrogen) atoms. The van der Waals surface area contributed by atoms with Gasteiger partial charge < -0.3 is 15.8 Å². The smallest absolute Gasteiger partial charge is 0.331 e. The molecule has 1 amide bonds. The maximum Gasteiger partial charge on any atom is 0.331 e. The van der Waals surface area contributed by atoms with E-state index in [1.165, 1.54) is 0 Å². The molecule has 0 unspecified atom stereocenters. The topological polar surface area (TPSA) is 81.4 Å². The minimum atomic E-state index is -0.954. The van der Waals surface area contributed by atoms with Crippen molar-refractivity contribution < 1.29 is 14.3 Å². The van der Waals surface area contributed by atoms with Crippen molar-refractivity contribution >= 4 is 24.3 Å². The molecular formula is C13H27ClN2O3. The molecule has 0 atom stereocenters. The van der Waals surface area contributed by atoms with Crippen LogP contribution in [0.3, 0.4) is 0 Å². The molecule has 0 bridgehead atoms. The van der Waals surface area contributed by atoms with Gasteiger partial charge in [-0.15, -0.1) is 12.4 Å². The molecule has 0 rings (SSSR count). The van der Waals surface area contributed by atoms with Gasteiger partial charge in [0.2, 0.25) is 5.91 Å². The standard InChI is InChI=1S/C13H26N2O3.ClH/c1-4-18-12(17)13(2,3)15-11(16)9-7-5-6-8-10-14;/h4-10,14H2,1-3H3,(H,15,16);1H. The number of hydrogen-bond donors (Lipinski definition) is 2. The van der Waals surface area contributed by atoms with Crippen LogP contribution in [0, 0.1) is 0 Å². The Labute approximate surface area is 122 Å². The van der Waals surface area contributed by atoms with Crippen molar-refractivity contribution in [2.75, 3.05) is 13.2 Å². The number of carbonyl (C=O) groups is 2. The van der Waals surface area contributed by atoms with E-state index < -0.39 is 11.5 Å². The summed E-state index contributed by atoms with van der Waals surface area (Å²) in [5.74, 6) is -0.512. The summed E-state index contributed by atoms with van der Waals surface area (Å²) in [6, 6.07) is 0. The number of nitrogens with two attached hydrogens (primary N) is 1. The van der Waals surface area contributed by atoms with E-state index in [0.717, 1.165) is 25.7 Å². The highest BCUT2D eigenvalue weighted by Crippen LogP contribution is 2.08. The maximum absolute atomic E-state index is 11.7. The summed E-state index contributed by atoms with van der Waals surface area (Å²) < 4.78 is 4.90. The van der Waals surface area contributed by atoms with Crippen molar-refractivity contribution in [3.8, 4) is 0 Å².